The van der Waals surface area contributed by atoms with Crippen molar-refractivity contribution in [1.82, 2.24) is 0 Å². The average Bonchev–Trinajstić information content (AvgIpc) is 2.65. The lowest BCUT2D eigenvalue weighted by atomic mass is 10.1. The number of ether oxygens (including phenoxy) is 1. The number of anilines is 1. The fourth-order valence-electron chi connectivity index (χ4n) is 2.13. The molecule has 0 aliphatic rings. The van der Waals surface area contributed by atoms with Crippen LogP contribution in [0.3, 0.4) is 0 Å². The Morgan fingerprint density at radius 3 is 2.24 bits per heavy atom. The predicted molar refractivity (Wildman–Crippen MR) is 96.0 cm³/mol. The van der Waals surface area contributed by atoms with E-state index in [2.05, 4.69) is 0 Å². The maximum absolute atomic E-state index is 13.0. The van der Waals surface area contributed by atoms with E-state index in [0.29, 0.717) is 11.6 Å². The van der Waals surface area contributed by atoms with Gasteiger partial charge in [0, 0.05) is 5.69 Å². The fraction of sp³-hybridized carbons (Fsp3) is 0.222. The minimum atomic E-state index is -4.87. The van der Waals surface area contributed by atoms with Crippen LogP contribution in [0.4, 0.5) is 18.9 Å². The van der Waals surface area contributed by atoms with E-state index < -0.39 is 44.6 Å². The highest BCUT2D eigenvalue weighted by atomic mass is 32.2. The largest absolute Gasteiger partial charge is 0.489 e. The van der Waals surface area contributed by atoms with Gasteiger partial charge in [0.15, 0.2) is 0 Å². The molecule has 11 heteroatoms. The first-order valence-electron chi connectivity index (χ1n) is 7.89. The third-order valence-corrected chi connectivity index (χ3v) is 5.55. The molecule has 2 aromatic rings. The monoisotopic (exact) mass is 425 g/mol. The van der Waals surface area contributed by atoms with E-state index in [1.807, 2.05) is 10.8 Å². The molecule has 29 heavy (non-hydrogen) atoms. The van der Waals surface area contributed by atoms with Gasteiger partial charge in [0.05, 0.1) is 28.8 Å². The van der Waals surface area contributed by atoms with Crippen molar-refractivity contribution in [2.75, 3.05) is 11.3 Å². The molecule has 0 radical (unpaired) electrons. The lowest BCUT2D eigenvalue weighted by Crippen LogP contribution is -2.44. The zero-order chi connectivity index (χ0) is 21.9. The molecule has 0 amide bonds. The molecule has 2 rings (SSSR count). The van der Waals surface area contributed by atoms with Crippen molar-refractivity contribution < 1.29 is 31.4 Å². The van der Waals surface area contributed by atoms with Crippen molar-refractivity contribution in [3.05, 3.63) is 59.2 Å². The first kappa shape index (κ1) is 22.0. The second kappa shape index (κ2) is 7.99. The van der Waals surface area contributed by atoms with Gasteiger partial charge < -0.3 is 9.84 Å². The molecule has 0 spiro atoms. The van der Waals surface area contributed by atoms with Crippen molar-refractivity contribution in [3.63, 3.8) is 0 Å². The van der Waals surface area contributed by atoms with E-state index in [9.17, 15) is 26.7 Å². The zero-order valence-electron chi connectivity index (χ0n) is 14.9. The Labute approximate surface area is 164 Å². The van der Waals surface area contributed by atoms with Gasteiger partial charge in [-0.25, -0.2) is 8.42 Å². The van der Waals surface area contributed by atoms with Gasteiger partial charge in [0.2, 0.25) is 4.93 Å². The summed E-state index contributed by atoms with van der Waals surface area (Å²) in [6.07, 6.45) is -4.87. The number of alkyl halides is 3. The first-order valence-corrected chi connectivity index (χ1v) is 9.37. The quantitative estimate of drug-likeness (QED) is 0.734. The predicted octanol–water partition coefficient (Wildman–Crippen LogP) is 2.98. The summed E-state index contributed by atoms with van der Waals surface area (Å²) in [5.41, 5.74) is -2.11. The minimum Gasteiger partial charge on any atom is -0.489 e. The van der Waals surface area contributed by atoms with Crippen LogP contribution in [0, 0.1) is 22.7 Å². The van der Waals surface area contributed by atoms with Gasteiger partial charge in [-0.2, -0.15) is 23.7 Å². The number of benzene rings is 2. The Kier molecular flexibility index (Phi) is 6.07. The smallest absolute Gasteiger partial charge is 0.417 e. The molecule has 0 aliphatic carbocycles. The van der Waals surface area contributed by atoms with Crippen LogP contribution in [0.15, 0.2) is 42.5 Å². The van der Waals surface area contributed by atoms with Crippen LogP contribution in [0.2, 0.25) is 0 Å². The van der Waals surface area contributed by atoms with Crippen molar-refractivity contribution in [2.24, 2.45) is 0 Å². The molecule has 0 saturated heterocycles. The summed E-state index contributed by atoms with van der Waals surface area (Å²) in [5.74, 6) is 0.178. The van der Waals surface area contributed by atoms with E-state index >= 15 is 0 Å². The number of nitrogens with one attached hydrogen (secondary N) is 1. The van der Waals surface area contributed by atoms with Crippen molar-refractivity contribution in [2.45, 2.75) is 18.0 Å². The second-order valence-corrected chi connectivity index (χ2v) is 8.17. The normalized spacial score (nSPS) is 13.6. The maximum atomic E-state index is 13.0. The molecule has 1 unspecified atom stereocenters. The summed E-state index contributed by atoms with van der Waals surface area (Å²) in [5, 5.41) is 27.8. The van der Waals surface area contributed by atoms with Gasteiger partial charge in [0.1, 0.15) is 12.4 Å². The van der Waals surface area contributed by atoms with E-state index in [-0.39, 0.29) is 5.75 Å². The molecule has 2 N–H and O–H groups in total. The van der Waals surface area contributed by atoms with Gasteiger partial charge in [-0.3, -0.25) is 4.72 Å². The summed E-state index contributed by atoms with van der Waals surface area (Å²) in [7, 11) is -4.60. The molecule has 0 heterocycles. The summed E-state index contributed by atoms with van der Waals surface area (Å²) >= 11 is 0. The molecule has 7 nitrogen and oxygen atoms in total. The molecule has 1 atom stereocenters. The Morgan fingerprint density at radius 2 is 1.72 bits per heavy atom. The molecule has 2 aromatic carbocycles. The Bertz CT molecular complexity index is 1080. The fourth-order valence-corrected chi connectivity index (χ4v) is 3.00. The van der Waals surface area contributed by atoms with Gasteiger partial charge in [-0.05, 0) is 49.4 Å². The molecule has 0 fully saturated rings. The van der Waals surface area contributed by atoms with E-state index in [1.54, 1.807) is 0 Å². The summed E-state index contributed by atoms with van der Waals surface area (Å²) < 4.78 is 71.0. The molecular weight excluding hydrogens is 411 g/mol. The highest BCUT2D eigenvalue weighted by molar-refractivity contribution is 7.93. The van der Waals surface area contributed by atoms with Crippen LogP contribution >= 0.6 is 0 Å². The Balaban J connectivity index is 2.20. The zero-order valence-corrected chi connectivity index (χ0v) is 15.7. The molecule has 152 valence electrons. The summed E-state index contributed by atoms with van der Waals surface area (Å²) in [6.45, 7) is 0.171. The van der Waals surface area contributed by atoms with Crippen LogP contribution in [-0.4, -0.2) is 25.1 Å². The lowest BCUT2D eigenvalue weighted by Gasteiger charge is -2.24. The number of halogens is 3. The molecule has 0 aromatic heterocycles. The molecular formula is C18H14F3N3O4S. The SMILES string of the molecule is CC(O)(COc1ccc(C#N)cc1)S(=O)(=O)Nc1ccc(C#N)c(C(F)(F)F)c1. The van der Waals surface area contributed by atoms with Gasteiger partial charge in [0.25, 0.3) is 10.0 Å². The molecule has 0 bridgehead atoms. The maximum Gasteiger partial charge on any atom is 0.417 e. The number of aliphatic hydroxyl groups is 1. The summed E-state index contributed by atoms with van der Waals surface area (Å²) in [4.78, 5) is -2.51. The van der Waals surface area contributed by atoms with Gasteiger partial charge in [-0.1, -0.05) is 0 Å². The van der Waals surface area contributed by atoms with E-state index in [0.717, 1.165) is 19.1 Å². The highest BCUT2D eigenvalue weighted by Gasteiger charge is 2.39. The standard InChI is InChI=1S/C18H14F3N3O4S/c1-17(25,11-28-15-6-2-12(9-22)3-7-15)29(26,27)24-14-5-4-13(10-23)16(8-14)18(19,20)21/h2-8,24-25H,11H2,1H3. The number of sulfonamides is 1. The first-order chi connectivity index (χ1) is 13.4. The number of hydrogen-bond acceptors (Lipinski definition) is 6. The molecule has 0 aliphatic heterocycles. The Morgan fingerprint density at radius 1 is 1.10 bits per heavy atom. The van der Waals surface area contributed by atoms with Crippen LogP contribution in [0.1, 0.15) is 23.6 Å². The van der Waals surface area contributed by atoms with Crippen LogP contribution in [-0.2, 0) is 16.2 Å². The lowest BCUT2D eigenvalue weighted by molar-refractivity contribution is -0.137. The summed E-state index contributed by atoms with van der Waals surface area (Å²) in [6, 6.07) is 11.2. The van der Waals surface area contributed by atoms with Gasteiger partial charge in [-0.15, -0.1) is 0 Å². The van der Waals surface area contributed by atoms with Crippen molar-refractivity contribution in [3.8, 4) is 17.9 Å². The second-order valence-electron chi connectivity index (χ2n) is 6.08. The molecule has 0 saturated carbocycles. The Hall–Kier alpha value is -3.28. The highest BCUT2D eigenvalue weighted by Crippen LogP contribution is 2.34. The van der Waals surface area contributed by atoms with Crippen LogP contribution in [0.5, 0.6) is 5.75 Å². The van der Waals surface area contributed by atoms with Crippen LogP contribution < -0.4 is 9.46 Å². The number of hydrogen-bond donors (Lipinski definition) is 2. The van der Waals surface area contributed by atoms with Crippen molar-refractivity contribution >= 4 is 15.7 Å². The number of rotatable bonds is 6. The third-order valence-electron chi connectivity index (χ3n) is 3.77. The average molecular weight is 425 g/mol. The van der Waals surface area contributed by atoms with E-state index in [4.69, 9.17) is 15.3 Å². The number of nitriles is 2. The van der Waals surface area contributed by atoms with Gasteiger partial charge >= 0.3 is 6.18 Å². The minimum absolute atomic E-state index is 0.178. The van der Waals surface area contributed by atoms with Crippen molar-refractivity contribution in [1.29, 1.82) is 10.5 Å². The number of nitrogens with zero attached hydrogens (tertiary/aromatic N) is 2. The third kappa shape index (κ3) is 5.16. The van der Waals surface area contributed by atoms with E-state index in [1.165, 1.54) is 30.3 Å². The van der Waals surface area contributed by atoms with Crippen LogP contribution in [0.25, 0.3) is 0 Å². The topological polar surface area (TPSA) is 123 Å².